The zero-order chi connectivity index (χ0) is 26.9. The van der Waals surface area contributed by atoms with Crippen LogP contribution in [-0.2, 0) is 11.2 Å². The molecule has 2 unspecified atom stereocenters. The standard InChI is InChI=1S/C30H41N7O/c1-21-15-23(9-11-26(21)37-19-29(2)16-30(3,20-37)18-36(4)17-29)34-28-32-13-12-25(35-28)24-10-8-22(33-27(24)31)7-6-14-38-5/h8-13,15H,6-7,14,16-20H2,1-5H3,(H2,31,33)(H,32,34,35). The second kappa shape index (κ2) is 10.5. The Balaban J connectivity index is 1.30. The molecule has 0 radical (unpaired) electrons. The molecule has 5 rings (SSSR count). The number of ether oxygens (including phenoxy) is 1. The largest absolute Gasteiger partial charge is 0.385 e. The minimum atomic E-state index is 0.316. The van der Waals surface area contributed by atoms with E-state index in [4.69, 9.17) is 15.5 Å². The molecule has 0 aliphatic carbocycles. The molecular formula is C30H41N7O. The van der Waals surface area contributed by atoms with E-state index in [2.05, 4.69) is 71.1 Å². The molecule has 2 fully saturated rings. The molecule has 2 aliphatic rings. The van der Waals surface area contributed by atoms with E-state index in [1.807, 2.05) is 18.2 Å². The molecular weight excluding hydrogens is 474 g/mol. The Morgan fingerprint density at radius 1 is 1.03 bits per heavy atom. The lowest BCUT2D eigenvalue weighted by molar-refractivity contribution is 0.00531. The number of hydrogen-bond acceptors (Lipinski definition) is 8. The number of nitrogens with zero attached hydrogens (tertiary/aromatic N) is 5. The molecule has 1 aromatic carbocycles. The van der Waals surface area contributed by atoms with E-state index in [1.165, 1.54) is 17.7 Å². The number of hydrogen-bond donors (Lipinski definition) is 2. The van der Waals surface area contributed by atoms with Crippen LogP contribution in [0.25, 0.3) is 11.3 Å². The molecule has 38 heavy (non-hydrogen) atoms. The monoisotopic (exact) mass is 515 g/mol. The van der Waals surface area contributed by atoms with E-state index in [-0.39, 0.29) is 0 Å². The highest BCUT2D eigenvalue weighted by atomic mass is 16.5. The van der Waals surface area contributed by atoms with Crippen LogP contribution in [0.3, 0.4) is 0 Å². The minimum Gasteiger partial charge on any atom is -0.385 e. The van der Waals surface area contributed by atoms with Crippen molar-refractivity contribution in [2.24, 2.45) is 10.8 Å². The van der Waals surface area contributed by atoms with E-state index >= 15 is 0 Å². The fourth-order valence-corrected chi connectivity index (χ4v) is 6.92. The molecule has 3 aromatic rings. The maximum Gasteiger partial charge on any atom is 0.227 e. The van der Waals surface area contributed by atoms with Gasteiger partial charge in [0.2, 0.25) is 5.95 Å². The third kappa shape index (κ3) is 5.76. The Kier molecular flexibility index (Phi) is 7.29. The molecule has 8 nitrogen and oxygen atoms in total. The Morgan fingerprint density at radius 3 is 2.47 bits per heavy atom. The first-order chi connectivity index (χ1) is 18.2. The lowest BCUT2D eigenvalue weighted by Crippen LogP contribution is -2.61. The Labute approximate surface area is 226 Å². The summed E-state index contributed by atoms with van der Waals surface area (Å²) >= 11 is 0. The van der Waals surface area contributed by atoms with E-state index < -0.39 is 0 Å². The van der Waals surface area contributed by atoms with Crippen molar-refractivity contribution in [2.45, 2.75) is 40.0 Å². The van der Waals surface area contributed by atoms with Crippen molar-refractivity contribution in [1.82, 2.24) is 19.9 Å². The molecule has 2 aromatic heterocycles. The highest BCUT2D eigenvalue weighted by Gasteiger charge is 2.47. The third-order valence-corrected chi connectivity index (χ3v) is 7.79. The van der Waals surface area contributed by atoms with Gasteiger partial charge in [-0.15, -0.1) is 0 Å². The molecule has 0 amide bonds. The van der Waals surface area contributed by atoms with Crippen LogP contribution in [-0.4, -0.2) is 66.8 Å². The lowest BCUT2D eigenvalue weighted by Gasteiger charge is -2.57. The van der Waals surface area contributed by atoms with Crippen LogP contribution in [0.4, 0.5) is 23.1 Å². The van der Waals surface area contributed by atoms with Gasteiger partial charge in [0.25, 0.3) is 0 Å². The third-order valence-electron chi connectivity index (χ3n) is 7.79. The number of anilines is 4. The molecule has 2 bridgehead atoms. The lowest BCUT2D eigenvalue weighted by atomic mass is 9.65. The predicted molar refractivity (Wildman–Crippen MR) is 155 cm³/mol. The maximum absolute atomic E-state index is 6.30. The van der Waals surface area contributed by atoms with Crippen molar-refractivity contribution in [2.75, 3.05) is 62.9 Å². The number of benzene rings is 1. The van der Waals surface area contributed by atoms with Gasteiger partial charge < -0.3 is 25.6 Å². The van der Waals surface area contributed by atoms with E-state index in [0.29, 0.717) is 29.2 Å². The summed E-state index contributed by atoms with van der Waals surface area (Å²) in [5.41, 5.74) is 13.0. The first-order valence-electron chi connectivity index (χ1n) is 13.5. The van der Waals surface area contributed by atoms with Gasteiger partial charge in [-0.25, -0.2) is 15.0 Å². The predicted octanol–water partition coefficient (Wildman–Crippen LogP) is 4.92. The second-order valence-corrected chi connectivity index (χ2v) is 12.0. The molecule has 0 spiro atoms. The van der Waals surface area contributed by atoms with Gasteiger partial charge in [0.15, 0.2) is 0 Å². The normalized spacial score (nSPS) is 23.4. The van der Waals surface area contributed by atoms with Crippen molar-refractivity contribution < 1.29 is 4.74 Å². The van der Waals surface area contributed by atoms with E-state index in [0.717, 1.165) is 61.7 Å². The number of nitrogens with two attached hydrogens (primary N) is 1. The first kappa shape index (κ1) is 26.4. The van der Waals surface area contributed by atoms with Gasteiger partial charge in [-0.1, -0.05) is 13.8 Å². The van der Waals surface area contributed by atoms with Gasteiger partial charge in [0, 0.05) is 68.7 Å². The number of aromatic nitrogens is 3. The van der Waals surface area contributed by atoms with Crippen molar-refractivity contribution in [3.05, 3.63) is 53.9 Å². The van der Waals surface area contributed by atoms with Crippen LogP contribution >= 0.6 is 0 Å². The SMILES string of the molecule is COCCCc1ccc(-c2ccnc(Nc3ccc(N4CC5(C)CN(C)CC(C)(C4)C5)c(C)c3)n2)c(N)n1. The maximum atomic E-state index is 6.30. The number of nitrogen functional groups attached to an aromatic ring is 1. The van der Waals surface area contributed by atoms with E-state index in [1.54, 1.807) is 13.3 Å². The van der Waals surface area contributed by atoms with Crippen molar-refractivity contribution in [1.29, 1.82) is 0 Å². The summed E-state index contributed by atoms with van der Waals surface area (Å²) in [6, 6.07) is 12.4. The highest BCUT2D eigenvalue weighted by molar-refractivity contribution is 5.72. The van der Waals surface area contributed by atoms with Gasteiger partial charge in [-0.2, -0.15) is 0 Å². The number of piperidine rings is 2. The molecule has 0 saturated carbocycles. The van der Waals surface area contributed by atoms with E-state index in [9.17, 15) is 0 Å². The minimum absolute atomic E-state index is 0.316. The summed E-state index contributed by atoms with van der Waals surface area (Å²) in [7, 11) is 3.97. The number of aryl methyl sites for hydroxylation is 2. The van der Waals surface area contributed by atoms with Crippen molar-refractivity contribution in [3.8, 4) is 11.3 Å². The quantitative estimate of drug-likeness (QED) is 0.409. The molecule has 2 aliphatic heterocycles. The molecule has 202 valence electrons. The Morgan fingerprint density at radius 2 is 1.79 bits per heavy atom. The fraction of sp³-hybridized carbons (Fsp3) is 0.500. The first-order valence-corrected chi connectivity index (χ1v) is 13.5. The summed E-state index contributed by atoms with van der Waals surface area (Å²) in [6.45, 7) is 12.3. The van der Waals surface area contributed by atoms with Crippen LogP contribution < -0.4 is 16.0 Å². The number of likely N-dealkylation sites (tertiary alicyclic amines) is 1. The van der Waals surface area contributed by atoms with Crippen LogP contribution in [0, 0.1) is 17.8 Å². The van der Waals surface area contributed by atoms with Gasteiger partial charge in [-0.05, 0) is 86.0 Å². The number of fused-ring (bicyclic) bond motifs is 2. The topological polar surface area (TPSA) is 92.4 Å². The number of rotatable bonds is 8. The summed E-state index contributed by atoms with van der Waals surface area (Å²) in [5.74, 6) is 1.01. The number of pyridine rings is 1. The summed E-state index contributed by atoms with van der Waals surface area (Å²) in [5, 5.41) is 3.39. The van der Waals surface area contributed by atoms with Crippen LogP contribution in [0.1, 0.15) is 37.9 Å². The molecule has 2 atom stereocenters. The summed E-state index contributed by atoms with van der Waals surface area (Å²) in [4.78, 5) is 18.9. The number of methoxy groups -OCH3 is 1. The number of nitrogens with one attached hydrogen (secondary N) is 1. The van der Waals surface area contributed by atoms with Crippen LogP contribution in [0.15, 0.2) is 42.6 Å². The van der Waals surface area contributed by atoms with Crippen LogP contribution in [0.5, 0.6) is 0 Å². The average Bonchev–Trinajstić information content (AvgIpc) is 2.82. The fourth-order valence-electron chi connectivity index (χ4n) is 6.92. The molecule has 3 N–H and O–H groups in total. The Bertz CT molecular complexity index is 1280. The second-order valence-electron chi connectivity index (χ2n) is 12.0. The van der Waals surface area contributed by atoms with Crippen molar-refractivity contribution >= 4 is 23.1 Å². The Hall–Kier alpha value is -3.23. The zero-order valence-corrected chi connectivity index (χ0v) is 23.4. The average molecular weight is 516 g/mol. The van der Waals surface area contributed by atoms with Gasteiger partial charge in [0.1, 0.15) is 5.82 Å². The summed E-state index contributed by atoms with van der Waals surface area (Å²) in [6.07, 6.45) is 4.79. The molecule has 4 heterocycles. The molecule has 8 heteroatoms. The van der Waals surface area contributed by atoms with Gasteiger partial charge >= 0.3 is 0 Å². The van der Waals surface area contributed by atoms with Gasteiger partial charge in [-0.3, -0.25) is 0 Å². The zero-order valence-electron chi connectivity index (χ0n) is 23.4. The van der Waals surface area contributed by atoms with Crippen molar-refractivity contribution in [3.63, 3.8) is 0 Å². The smallest absolute Gasteiger partial charge is 0.227 e. The highest BCUT2D eigenvalue weighted by Crippen LogP contribution is 2.46. The molecule has 2 saturated heterocycles. The van der Waals surface area contributed by atoms with Crippen LogP contribution in [0.2, 0.25) is 0 Å². The van der Waals surface area contributed by atoms with Gasteiger partial charge in [0.05, 0.1) is 5.69 Å². The summed E-state index contributed by atoms with van der Waals surface area (Å²) < 4.78 is 5.13.